The third-order valence-corrected chi connectivity index (χ3v) is 4.73. The van der Waals surface area contributed by atoms with Gasteiger partial charge in [-0.05, 0) is 47.7 Å². The Balaban J connectivity index is 1.57. The van der Waals surface area contributed by atoms with Crippen LogP contribution in [0.4, 0.5) is 13.6 Å². The average molecular weight is 419 g/mol. The van der Waals surface area contributed by atoms with E-state index in [1.165, 1.54) is 36.5 Å². The molecule has 2 heterocycles. The van der Waals surface area contributed by atoms with Gasteiger partial charge in [0.25, 0.3) is 17.1 Å². The lowest BCUT2D eigenvalue weighted by Gasteiger charge is -2.12. The van der Waals surface area contributed by atoms with Gasteiger partial charge in [-0.3, -0.25) is 24.3 Å². The minimum atomic E-state index is -2.92. The third-order valence-electron chi connectivity index (χ3n) is 3.82. The van der Waals surface area contributed by atoms with E-state index in [2.05, 4.69) is 15.0 Å². The van der Waals surface area contributed by atoms with Crippen molar-refractivity contribution in [1.82, 2.24) is 15.2 Å². The molecule has 7 nitrogen and oxygen atoms in total. The quantitative estimate of drug-likeness (QED) is 0.694. The molecule has 1 aliphatic rings. The van der Waals surface area contributed by atoms with Crippen LogP contribution in [0.15, 0.2) is 53.7 Å². The van der Waals surface area contributed by atoms with Crippen molar-refractivity contribution in [2.24, 2.45) is 0 Å². The second-order valence-corrected chi connectivity index (χ2v) is 6.77. The van der Waals surface area contributed by atoms with Crippen LogP contribution in [0, 0.1) is 0 Å². The number of halogens is 2. The second-order valence-electron chi connectivity index (χ2n) is 5.78. The summed E-state index contributed by atoms with van der Waals surface area (Å²) in [6, 6.07) is 8.91. The Hall–Kier alpha value is -3.27. The van der Waals surface area contributed by atoms with Crippen LogP contribution in [0.3, 0.4) is 0 Å². The van der Waals surface area contributed by atoms with E-state index in [0.717, 1.165) is 16.7 Å². The van der Waals surface area contributed by atoms with Crippen molar-refractivity contribution in [3.05, 3.63) is 64.8 Å². The molecule has 3 rings (SSSR count). The summed E-state index contributed by atoms with van der Waals surface area (Å²) in [5.41, 5.74) is 0.933. The molecule has 1 aliphatic heterocycles. The number of nitrogens with zero attached hydrogens (tertiary/aromatic N) is 2. The van der Waals surface area contributed by atoms with Gasteiger partial charge in [-0.15, -0.1) is 0 Å². The Bertz CT molecular complexity index is 936. The molecule has 1 saturated heterocycles. The standard InChI is InChI=1S/C19H15F2N3O4S/c20-18(21)28-14-5-3-12(4-6-14)10-15-17(26)24(19(27)29-15)9-8-23-16(25)13-2-1-7-22-11-13/h1-7,10-11,18H,8-9H2,(H,23,25)/b15-10+. The fourth-order valence-corrected chi connectivity index (χ4v) is 3.34. The molecule has 1 aromatic heterocycles. The van der Waals surface area contributed by atoms with Gasteiger partial charge in [0.1, 0.15) is 5.75 Å². The number of benzene rings is 1. The summed E-state index contributed by atoms with van der Waals surface area (Å²) in [7, 11) is 0. The van der Waals surface area contributed by atoms with Gasteiger partial charge in [0.05, 0.1) is 10.5 Å². The van der Waals surface area contributed by atoms with Crippen molar-refractivity contribution in [2.75, 3.05) is 13.1 Å². The molecule has 1 N–H and O–H groups in total. The van der Waals surface area contributed by atoms with E-state index in [9.17, 15) is 23.2 Å². The van der Waals surface area contributed by atoms with Crippen LogP contribution >= 0.6 is 11.8 Å². The first kappa shape index (κ1) is 20.5. The number of carbonyl (C=O) groups excluding carboxylic acids is 3. The van der Waals surface area contributed by atoms with E-state index in [-0.39, 0.29) is 29.7 Å². The van der Waals surface area contributed by atoms with Crippen molar-refractivity contribution in [3.63, 3.8) is 0 Å². The molecule has 0 unspecified atom stereocenters. The molecule has 3 amide bonds. The number of aromatic nitrogens is 1. The number of alkyl halides is 2. The van der Waals surface area contributed by atoms with Crippen LogP contribution in [-0.4, -0.2) is 46.6 Å². The second kappa shape index (κ2) is 9.28. The van der Waals surface area contributed by atoms with E-state index in [1.54, 1.807) is 18.3 Å². The molecule has 0 saturated carbocycles. The van der Waals surface area contributed by atoms with Gasteiger partial charge in [-0.1, -0.05) is 12.1 Å². The Morgan fingerprint density at radius 2 is 2.00 bits per heavy atom. The first-order valence-corrected chi connectivity index (χ1v) is 9.24. The highest BCUT2D eigenvalue weighted by Crippen LogP contribution is 2.32. The highest BCUT2D eigenvalue weighted by molar-refractivity contribution is 8.18. The highest BCUT2D eigenvalue weighted by Gasteiger charge is 2.34. The summed E-state index contributed by atoms with van der Waals surface area (Å²) in [6.45, 7) is -2.80. The number of hydrogen-bond acceptors (Lipinski definition) is 6. The summed E-state index contributed by atoms with van der Waals surface area (Å²) in [4.78, 5) is 41.6. The Morgan fingerprint density at radius 3 is 2.66 bits per heavy atom. The van der Waals surface area contributed by atoms with Gasteiger partial charge in [0.2, 0.25) is 0 Å². The van der Waals surface area contributed by atoms with Crippen molar-refractivity contribution in [1.29, 1.82) is 0 Å². The third kappa shape index (κ3) is 5.38. The summed E-state index contributed by atoms with van der Waals surface area (Å²) in [5, 5.41) is 2.17. The molecule has 0 atom stereocenters. The number of ether oxygens (including phenoxy) is 1. The first-order chi connectivity index (χ1) is 13.9. The van der Waals surface area contributed by atoms with E-state index < -0.39 is 17.8 Å². The smallest absolute Gasteiger partial charge is 0.387 e. The zero-order chi connectivity index (χ0) is 20.8. The van der Waals surface area contributed by atoms with Gasteiger partial charge in [0.15, 0.2) is 0 Å². The molecule has 0 aliphatic carbocycles. The minimum absolute atomic E-state index is 0.00499. The normalized spacial score (nSPS) is 15.3. The Morgan fingerprint density at radius 1 is 1.24 bits per heavy atom. The number of imide groups is 1. The van der Waals surface area contributed by atoms with Gasteiger partial charge in [-0.2, -0.15) is 8.78 Å². The Labute approximate surface area is 168 Å². The van der Waals surface area contributed by atoms with E-state index in [1.807, 2.05) is 0 Å². The number of carbonyl (C=O) groups is 3. The fourth-order valence-electron chi connectivity index (χ4n) is 2.47. The highest BCUT2D eigenvalue weighted by atomic mass is 32.2. The van der Waals surface area contributed by atoms with Gasteiger partial charge < -0.3 is 10.1 Å². The molecular weight excluding hydrogens is 404 g/mol. The fraction of sp³-hybridized carbons (Fsp3) is 0.158. The van der Waals surface area contributed by atoms with Crippen molar-refractivity contribution < 1.29 is 27.9 Å². The summed E-state index contributed by atoms with van der Waals surface area (Å²) >= 11 is 0.771. The minimum Gasteiger partial charge on any atom is -0.435 e. The van der Waals surface area contributed by atoms with Crippen LogP contribution in [0.1, 0.15) is 15.9 Å². The van der Waals surface area contributed by atoms with E-state index in [0.29, 0.717) is 11.1 Å². The monoisotopic (exact) mass is 419 g/mol. The lowest BCUT2D eigenvalue weighted by Crippen LogP contribution is -2.37. The predicted molar refractivity (Wildman–Crippen MR) is 102 cm³/mol. The molecule has 150 valence electrons. The van der Waals surface area contributed by atoms with E-state index in [4.69, 9.17) is 0 Å². The molecule has 10 heteroatoms. The molecule has 0 radical (unpaired) electrons. The summed E-state index contributed by atoms with van der Waals surface area (Å²) in [5.74, 6) is -0.843. The zero-order valence-electron chi connectivity index (χ0n) is 14.9. The van der Waals surface area contributed by atoms with Crippen LogP contribution < -0.4 is 10.1 Å². The molecule has 2 aromatic rings. The number of pyridine rings is 1. The van der Waals surface area contributed by atoms with Crippen molar-refractivity contribution in [3.8, 4) is 5.75 Å². The number of hydrogen-bond donors (Lipinski definition) is 1. The molecule has 0 bridgehead atoms. The SMILES string of the molecule is O=C(NCCN1C(=O)S/C(=C/c2ccc(OC(F)F)cc2)C1=O)c1cccnc1. The average Bonchev–Trinajstić information content (AvgIpc) is 2.97. The molecule has 1 aromatic carbocycles. The van der Waals surface area contributed by atoms with Crippen LogP contribution in [0.5, 0.6) is 5.75 Å². The predicted octanol–water partition coefficient (Wildman–Crippen LogP) is 3.15. The van der Waals surface area contributed by atoms with Crippen LogP contribution in [0.2, 0.25) is 0 Å². The van der Waals surface area contributed by atoms with Crippen molar-refractivity contribution in [2.45, 2.75) is 6.61 Å². The van der Waals surface area contributed by atoms with Gasteiger partial charge in [0, 0.05) is 25.5 Å². The topological polar surface area (TPSA) is 88.6 Å². The molecule has 29 heavy (non-hydrogen) atoms. The lowest BCUT2D eigenvalue weighted by molar-refractivity contribution is -0.122. The number of amides is 3. The maximum atomic E-state index is 12.4. The lowest BCUT2D eigenvalue weighted by atomic mass is 10.2. The van der Waals surface area contributed by atoms with Crippen LogP contribution in [-0.2, 0) is 4.79 Å². The first-order valence-electron chi connectivity index (χ1n) is 8.42. The number of nitrogens with one attached hydrogen (secondary N) is 1. The van der Waals surface area contributed by atoms with Crippen molar-refractivity contribution >= 4 is 34.9 Å². The van der Waals surface area contributed by atoms with Gasteiger partial charge in [-0.25, -0.2) is 0 Å². The zero-order valence-corrected chi connectivity index (χ0v) is 15.7. The summed E-state index contributed by atoms with van der Waals surface area (Å²) < 4.78 is 28.6. The molecular formula is C19H15F2N3O4S. The van der Waals surface area contributed by atoms with E-state index >= 15 is 0 Å². The number of thioether (sulfide) groups is 1. The van der Waals surface area contributed by atoms with Gasteiger partial charge >= 0.3 is 6.61 Å². The van der Waals surface area contributed by atoms with Crippen LogP contribution in [0.25, 0.3) is 6.08 Å². The summed E-state index contributed by atoms with van der Waals surface area (Å²) in [6.07, 6.45) is 4.45. The number of rotatable bonds is 7. The Kier molecular flexibility index (Phi) is 6.55. The maximum absolute atomic E-state index is 12.4. The maximum Gasteiger partial charge on any atom is 0.387 e. The largest absolute Gasteiger partial charge is 0.435 e. The molecule has 1 fully saturated rings. The molecule has 0 spiro atoms.